The summed E-state index contributed by atoms with van der Waals surface area (Å²) in [6, 6.07) is 10.2. The monoisotopic (exact) mass is 264 g/mol. The van der Waals surface area contributed by atoms with Gasteiger partial charge in [-0.1, -0.05) is 30.3 Å². The van der Waals surface area contributed by atoms with Gasteiger partial charge in [0.2, 0.25) is 0 Å². The van der Waals surface area contributed by atoms with E-state index in [1.54, 1.807) is 25.3 Å². The summed E-state index contributed by atoms with van der Waals surface area (Å²) in [7, 11) is 1.57. The molecule has 4 heteroatoms. The van der Waals surface area contributed by atoms with Crippen LogP contribution in [0.5, 0.6) is 0 Å². The van der Waals surface area contributed by atoms with Crippen molar-refractivity contribution < 1.29 is 18.6 Å². The molecule has 0 spiro atoms. The Hall–Kier alpha value is -1.78. The van der Waals surface area contributed by atoms with E-state index >= 15 is 0 Å². The number of benzene rings is 2. The standard InChI is InChI=1S/C15H14F2O2/c1-19-9-10-3-2-4-11(7-10)15(18)13-6-5-12(16)8-14(13)17/h2-8,15,18H,9H2,1H3. The Kier molecular flexibility index (Phi) is 4.24. The van der Waals surface area contributed by atoms with Crippen LogP contribution in [0.15, 0.2) is 42.5 Å². The Morgan fingerprint density at radius 1 is 1.16 bits per heavy atom. The number of aliphatic hydroxyl groups excluding tert-OH is 1. The van der Waals surface area contributed by atoms with Gasteiger partial charge in [0.25, 0.3) is 0 Å². The Morgan fingerprint density at radius 3 is 2.63 bits per heavy atom. The van der Waals surface area contributed by atoms with E-state index in [0.717, 1.165) is 17.7 Å². The van der Waals surface area contributed by atoms with Crippen molar-refractivity contribution >= 4 is 0 Å². The number of hydrogen-bond acceptors (Lipinski definition) is 2. The van der Waals surface area contributed by atoms with Crippen LogP contribution >= 0.6 is 0 Å². The van der Waals surface area contributed by atoms with Gasteiger partial charge in [0, 0.05) is 18.7 Å². The maximum atomic E-state index is 13.6. The highest BCUT2D eigenvalue weighted by atomic mass is 19.1. The van der Waals surface area contributed by atoms with Crippen LogP contribution in [-0.2, 0) is 11.3 Å². The van der Waals surface area contributed by atoms with Gasteiger partial charge in [-0.3, -0.25) is 0 Å². The summed E-state index contributed by atoms with van der Waals surface area (Å²) in [6.07, 6.45) is -1.13. The Morgan fingerprint density at radius 2 is 1.95 bits per heavy atom. The minimum Gasteiger partial charge on any atom is -0.384 e. The quantitative estimate of drug-likeness (QED) is 0.919. The Bertz CT molecular complexity index is 570. The van der Waals surface area contributed by atoms with Crippen molar-refractivity contribution in [2.24, 2.45) is 0 Å². The van der Waals surface area contributed by atoms with E-state index in [1.807, 2.05) is 6.07 Å². The molecule has 100 valence electrons. The molecule has 0 aromatic heterocycles. The molecule has 0 heterocycles. The van der Waals surface area contributed by atoms with E-state index < -0.39 is 17.7 Å². The fourth-order valence-electron chi connectivity index (χ4n) is 1.92. The summed E-state index contributed by atoms with van der Waals surface area (Å²) in [5.41, 5.74) is 1.47. The average molecular weight is 264 g/mol. The first kappa shape index (κ1) is 13.6. The van der Waals surface area contributed by atoms with Crippen molar-refractivity contribution in [3.8, 4) is 0 Å². The van der Waals surface area contributed by atoms with Crippen molar-refractivity contribution in [1.29, 1.82) is 0 Å². The number of methoxy groups -OCH3 is 1. The first-order chi connectivity index (χ1) is 9.11. The number of halogens is 2. The van der Waals surface area contributed by atoms with Gasteiger partial charge in [-0.05, 0) is 17.2 Å². The summed E-state index contributed by atoms with van der Waals surface area (Å²) in [5, 5.41) is 10.2. The third-order valence-electron chi connectivity index (χ3n) is 2.83. The van der Waals surface area contributed by atoms with Gasteiger partial charge in [-0.15, -0.1) is 0 Å². The van der Waals surface area contributed by atoms with Gasteiger partial charge < -0.3 is 9.84 Å². The first-order valence-electron chi connectivity index (χ1n) is 5.82. The molecule has 1 unspecified atom stereocenters. The zero-order valence-corrected chi connectivity index (χ0v) is 10.4. The molecule has 2 aromatic carbocycles. The van der Waals surface area contributed by atoms with Gasteiger partial charge in [-0.25, -0.2) is 8.78 Å². The lowest BCUT2D eigenvalue weighted by Gasteiger charge is -2.13. The zero-order valence-electron chi connectivity index (χ0n) is 10.4. The van der Waals surface area contributed by atoms with Crippen LogP contribution in [0, 0.1) is 11.6 Å². The fraction of sp³-hybridized carbons (Fsp3) is 0.200. The van der Waals surface area contributed by atoms with Crippen molar-refractivity contribution in [2.45, 2.75) is 12.7 Å². The molecule has 0 bridgehead atoms. The molecular formula is C15H14F2O2. The number of ether oxygens (including phenoxy) is 1. The Balaban J connectivity index is 2.32. The lowest BCUT2D eigenvalue weighted by Crippen LogP contribution is -2.04. The molecule has 1 N–H and O–H groups in total. The lowest BCUT2D eigenvalue weighted by molar-refractivity contribution is 0.184. The SMILES string of the molecule is COCc1cccc(C(O)c2ccc(F)cc2F)c1. The van der Waals surface area contributed by atoms with Crippen LogP contribution in [0.2, 0.25) is 0 Å². The molecule has 0 aliphatic carbocycles. The van der Waals surface area contributed by atoms with E-state index in [1.165, 1.54) is 6.07 Å². The second-order valence-electron chi connectivity index (χ2n) is 4.25. The maximum absolute atomic E-state index is 13.6. The van der Waals surface area contributed by atoms with Gasteiger partial charge in [0.15, 0.2) is 0 Å². The van der Waals surface area contributed by atoms with Crippen LogP contribution in [0.3, 0.4) is 0 Å². The molecule has 0 saturated heterocycles. The van der Waals surface area contributed by atoms with Crippen LogP contribution < -0.4 is 0 Å². The highest BCUT2D eigenvalue weighted by Crippen LogP contribution is 2.25. The Labute approximate surface area is 110 Å². The predicted molar refractivity (Wildman–Crippen MR) is 67.6 cm³/mol. The molecule has 0 aliphatic heterocycles. The molecule has 2 nitrogen and oxygen atoms in total. The third-order valence-corrected chi connectivity index (χ3v) is 2.83. The molecular weight excluding hydrogens is 250 g/mol. The van der Waals surface area contributed by atoms with Crippen molar-refractivity contribution in [3.63, 3.8) is 0 Å². The number of aliphatic hydroxyl groups is 1. The first-order valence-corrected chi connectivity index (χ1v) is 5.82. The van der Waals surface area contributed by atoms with E-state index in [9.17, 15) is 13.9 Å². The van der Waals surface area contributed by atoms with E-state index in [2.05, 4.69) is 0 Å². The second kappa shape index (κ2) is 5.91. The average Bonchev–Trinajstić information content (AvgIpc) is 2.39. The van der Waals surface area contributed by atoms with E-state index in [0.29, 0.717) is 12.2 Å². The summed E-state index contributed by atoms with van der Waals surface area (Å²) in [6.45, 7) is 0.409. The van der Waals surface area contributed by atoms with Crippen molar-refractivity contribution in [2.75, 3.05) is 7.11 Å². The zero-order chi connectivity index (χ0) is 13.8. The van der Waals surface area contributed by atoms with Crippen LogP contribution in [0.1, 0.15) is 22.8 Å². The van der Waals surface area contributed by atoms with Crippen LogP contribution in [0.25, 0.3) is 0 Å². The highest BCUT2D eigenvalue weighted by molar-refractivity contribution is 5.33. The molecule has 1 atom stereocenters. The van der Waals surface area contributed by atoms with Gasteiger partial charge in [-0.2, -0.15) is 0 Å². The van der Waals surface area contributed by atoms with Crippen LogP contribution in [-0.4, -0.2) is 12.2 Å². The molecule has 0 saturated carbocycles. The lowest BCUT2D eigenvalue weighted by atomic mass is 9.99. The molecule has 0 amide bonds. The van der Waals surface area contributed by atoms with Gasteiger partial charge in [0.1, 0.15) is 17.7 Å². The predicted octanol–water partition coefficient (Wildman–Crippen LogP) is 3.19. The molecule has 0 fully saturated rings. The molecule has 0 radical (unpaired) electrons. The smallest absolute Gasteiger partial charge is 0.132 e. The highest BCUT2D eigenvalue weighted by Gasteiger charge is 2.15. The summed E-state index contributed by atoms with van der Waals surface area (Å²) < 4.78 is 31.5. The summed E-state index contributed by atoms with van der Waals surface area (Å²) in [5.74, 6) is -1.42. The van der Waals surface area contributed by atoms with E-state index in [4.69, 9.17) is 4.74 Å². The number of rotatable bonds is 4. The largest absolute Gasteiger partial charge is 0.384 e. The fourth-order valence-corrected chi connectivity index (χ4v) is 1.92. The van der Waals surface area contributed by atoms with Crippen molar-refractivity contribution in [1.82, 2.24) is 0 Å². The maximum Gasteiger partial charge on any atom is 0.132 e. The minimum absolute atomic E-state index is 0.0518. The molecule has 2 rings (SSSR count). The van der Waals surface area contributed by atoms with E-state index in [-0.39, 0.29) is 5.56 Å². The normalized spacial score (nSPS) is 12.4. The second-order valence-corrected chi connectivity index (χ2v) is 4.25. The molecule has 0 aliphatic rings. The minimum atomic E-state index is -1.13. The molecule has 19 heavy (non-hydrogen) atoms. The number of hydrogen-bond donors (Lipinski definition) is 1. The van der Waals surface area contributed by atoms with Gasteiger partial charge >= 0.3 is 0 Å². The summed E-state index contributed by atoms with van der Waals surface area (Å²) >= 11 is 0. The third kappa shape index (κ3) is 3.16. The van der Waals surface area contributed by atoms with Crippen LogP contribution in [0.4, 0.5) is 8.78 Å². The molecule has 2 aromatic rings. The van der Waals surface area contributed by atoms with Gasteiger partial charge in [0.05, 0.1) is 6.61 Å². The summed E-state index contributed by atoms with van der Waals surface area (Å²) in [4.78, 5) is 0. The van der Waals surface area contributed by atoms with Crippen molar-refractivity contribution in [3.05, 3.63) is 70.8 Å². The topological polar surface area (TPSA) is 29.5 Å².